The summed E-state index contributed by atoms with van der Waals surface area (Å²) in [5, 5.41) is 10.7. The van der Waals surface area contributed by atoms with E-state index in [1.54, 1.807) is 18.3 Å². The van der Waals surface area contributed by atoms with E-state index in [1.165, 1.54) is 0 Å². The summed E-state index contributed by atoms with van der Waals surface area (Å²) in [7, 11) is 0. The van der Waals surface area contributed by atoms with Crippen molar-refractivity contribution >= 4 is 17.3 Å². The molecular weight excluding hydrogens is 188 g/mol. The predicted molar refractivity (Wildman–Crippen MR) is 51.2 cm³/mol. The number of aromatic amines is 1. The zero-order valence-corrected chi connectivity index (χ0v) is 7.42. The van der Waals surface area contributed by atoms with Gasteiger partial charge in [-0.15, -0.1) is 0 Å². The van der Waals surface area contributed by atoms with Gasteiger partial charge in [-0.1, -0.05) is 17.7 Å². The van der Waals surface area contributed by atoms with E-state index in [-0.39, 0.29) is 0 Å². The Morgan fingerprint density at radius 1 is 1.38 bits per heavy atom. The Kier molecular flexibility index (Phi) is 1.90. The second kappa shape index (κ2) is 3.06. The number of hydrogen-bond acceptors (Lipinski definition) is 3. The first-order valence-corrected chi connectivity index (χ1v) is 4.06. The van der Waals surface area contributed by atoms with Gasteiger partial charge in [-0.3, -0.25) is 0 Å². The fraction of sp³-hybridized carbons (Fsp3) is 0. The second-order valence-electron chi connectivity index (χ2n) is 2.59. The van der Waals surface area contributed by atoms with Gasteiger partial charge in [0.05, 0.1) is 16.9 Å². The molecule has 4 nitrogen and oxygen atoms in total. The van der Waals surface area contributed by atoms with Crippen molar-refractivity contribution in [2.24, 2.45) is 0 Å². The maximum Gasteiger partial charge on any atom is 0.112 e. The Morgan fingerprint density at radius 3 is 2.85 bits per heavy atom. The maximum absolute atomic E-state index is 5.85. The van der Waals surface area contributed by atoms with Crippen LogP contribution in [0.1, 0.15) is 0 Å². The molecule has 1 aromatic carbocycles. The molecule has 0 saturated carbocycles. The number of rotatable bonds is 1. The van der Waals surface area contributed by atoms with Crippen molar-refractivity contribution in [1.29, 1.82) is 0 Å². The normalized spacial score (nSPS) is 10.2. The van der Waals surface area contributed by atoms with E-state index in [1.807, 2.05) is 6.07 Å². The van der Waals surface area contributed by atoms with Gasteiger partial charge in [-0.05, 0) is 12.1 Å². The minimum atomic E-state index is 0.528. The largest absolute Gasteiger partial charge is 0.398 e. The molecule has 0 fully saturated rings. The van der Waals surface area contributed by atoms with Gasteiger partial charge in [0, 0.05) is 5.56 Å². The molecule has 2 aromatic rings. The van der Waals surface area contributed by atoms with Crippen LogP contribution in [0.3, 0.4) is 0 Å². The number of benzene rings is 1. The Labute approximate surface area is 79.7 Å². The Hall–Kier alpha value is -1.55. The Bertz CT molecular complexity index is 410. The van der Waals surface area contributed by atoms with Gasteiger partial charge in [-0.25, -0.2) is 0 Å². The van der Waals surface area contributed by atoms with Crippen LogP contribution in [0, 0.1) is 0 Å². The quantitative estimate of drug-likeness (QED) is 0.679. The standard InChI is InChI=1S/C8H7ClN4/c9-6-3-5(1-2-7(6)10)8-4-11-13-12-8/h1-4H,10H2,(H,11,12,13). The zero-order chi connectivity index (χ0) is 9.26. The van der Waals surface area contributed by atoms with Crippen molar-refractivity contribution in [3.8, 4) is 11.3 Å². The molecule has 0 aliphatic rings. The number of H-pyrrole nitrogens is 1. The molecular formula is C8H7ClN4. The summed E-state index contributed by atoms with van der Waals surface area (Å²) < 4.78 is 0. The van der Waals surface area contributed by atoms with Crippen LogP contribution >= 0.6 is 11.6 Å². The third kappa shape index (κ3) is 1.48. The number of hydrogen-bond donors (Lipinski definition) is 2. The minimum Gasteiger partial charge on any atom is -0.398 e. The molecule has 0 radical (unpaired) electrons. The first-order chi connectivity index (χ1) is 6.27. The van der Waals surface area contributed by atoms with Crippen LogP contribution in [0.4, 0.5) is 5.69 Å². The molecule has 2 rings (SSSR count). The summed E-state index contributed by atoms with van der Waals surface area (Å²) in [6.45, 7) is 0. The Morgan fingerprint density at radius 2 is 2.23 bits per heavy atom. The number of nitrogens with two attached hydrogens (primary N) is 1. The number of halogens is 1. The van der Waals surface area contributed by atoms with Crippen LogP contribution in [0.15, 0.2) is 24.4 Å². The molecule has 1 heterocycles. The SMILES string of the molecule is Nc1ccc(-c2cn[nH]n2)cc1Cl. The third-order valence-corrected chi connectivity index (χ3v) is 2.04. The van der Waals surface area contributed by atoms with Crippen LogP contribution in [0.25, 0.3) is 11.3 Å². The number of nitrogen functional groups attached to an aromatic ring is 1. The lowest BCUT2D eigenvalue weighted by atomic mass is 10.1. The molecule has 0 aliphatic heterocycles. The minimum absolute atomic E-state index is 0.528. The molecule has 0 amide bonds. The molecule has 0 saturated heterocycles. The summed E-state index contributed by atoms with van der Waals surface area (Å²) in [6.07, 6.45) is 1.63. The van der Waals surface area contributed by atoms with Gasteiger partial charge in [0.1, 0.15) is 5.69 Å². The lowest BCUT2D eigenvalue weighted by molar-refractivity contribution is 0.942. The summed E-state index contributed by atoms with van der Waals surface area (Å²) in [4.78, 5) is 0. The molecule has 13 heavy (non-hydrogen) atoms. The van der Waals surface area contributed by atoms with E-state index in [2.05, 4.69) is 15.4 Å². The van der Waals surface area contributed by atoms with E-state index < -0.39 is 0 Å². The van der Waals surface area contributed by atoms with Gasteiger partial charge in [-0.2, -0.15) is 15.4 Å². The monoisotopic (exact) mass is 194 g/mol. The van der Waals surface area contributed by atoms with Crippen LogP contribution < -0.4 is 5.73 Å². The summed E-state index contributed by atoms with van der Waals surface area (Å²) in [5.74, 6) is 0. The molecule has 0 spiro atoms. The van der Waals surface area contributed by atoms with Gasteiger partial charge in [0.25, 0.3) is 0 Å². The fourth-order valence-electron chi connectivity index (χ4n) is 1.03. The van der Waals surface area contributed by atoms with E-state index in [4.69, 9.17) is 17.3 Å². The molecule has 0 unspecified atom stereocenters. The zero-order valence-electron chi connectivity index (χ0n) is 6.66. The topological polar surface area (TPSA) is 67.6 Å². The average Bonchev–Trinajstić information content (AvgIpc) is 2.62. The average molecular weight is 195 g/mol. The lowest BCUT2D eigenvalue weighted by Gasteiger charge is -1.99. The summed E-state index contributed by atoms with van der Waals surface area (Å²) in [6, 6.07) is 5.35. The Balaban J connectivity index is 2.49. The highest BCUT2D eigenvalue weighted by molar-refractivity contribution is 6.33. The summed E-state index contributed by atoms with van der Waals surface area (Å²) >= 11 is 5.85. The van der Waals surface area contributed by atoms with Gasteiger partial charge in [0.2, 0.25) is 0 Å². The van der Waals surface area contributed by atoms with Crippen molar-refractivity contribution in [2.75, 3.05) is 5.73 Å². The van der Waals surface area contributed by atoms with E-state index in [0.29, 0.717) is 10.7 Å². The fourth-order valence-corrected chi connectivity index (χ4v) is 1.21. The highest BCUT2D eigenvalue weighted by Gasteiger charge is 2.02. The van der Waals surface area contributed by atoms with E-state index in [0.717, 1.165) is 11.3 Å². The lowest BCUT2D eigenvalue weighted by Crippen LogP contribution is -1.86. The predicted octanol–water partition coefficient (Wildman–Crippen LogP) is 1.71. The highest BCUT2D eigenvalue weighted by Crippen LogP contribution is 2.24. The van der Waals surface area contributed by atoms with Crippen molar-refractivity contribution in [3.63, 3.8) is 0 Å². The molecule has 5 heteroatoms. The van der Waals surface area contributed by atoms with Crippen molar-refractivity contribution in [1.82, 2.24) is 15.4 Å². The first kappa shape index (κ1) is 8.07. The van der Waals surface area contributed by atoms with Gasteiger partial charge in [0.15, 0.2) is 0 Å². The van der Waals surface area contributed by atoms with Crippen LogP contribution in [0.5, 0.6) is 0 Å². The van der Waals surface area contributed by atoms with Crippen LogP contribution in [-0.2, 0) is 0 Å². The summed E-state index contributed by atoms with van der Waals surface area (Å²) in [5.41, 5.74) is 7.78. The molecule has 3 N–H and O–H groups in total. The van der Waals surface area contributed by atoms with Crippen molar-refractivity contribution in [3.05, 3.63) is 29.4 Å². The van der Waals surface area contributed by atoms with Crippen LogP contribution in [0.2, 0.25) is 5.02 Å². The molecule has 1 aromatic heterocycles. The molecule has 0 aliphatic carbocycles. The van der Waals surface area contributed by atoms with E-state index >= 15 is 0 Å². The number of nitrogens with one attached hydrogen (secondary N) is 1. The van der Waals surface area contributed by atoms with E-state index in [9.17, 15) is 0 Å². The van der Waals surface area contributed by atoms with Gasteiger partial charge < -0.3 is 5.73 Å². The third-order valence-electron chi connectivity index (χ3n) is 1.71. The van der Waals surface area contributed by atoms with Gasteiger partial charge >= 0.3 is 0 Å². The molecule has 0 atom stereocenters. The number of aromatic nitrogens is 3. The number of nitrogens with zero attached hydrogens (tertiary/aromatic N) is 2. The van der Waals surface area contributed by atoms with Crippen molar-refractivity contribution in [2.45, 2.75) is 0 Å². The second-order valence-corrected chi connectivity index (χ2v) is 3.00. The van der Waals surface area contributed by atoms with Crippen LogP contribution in [-0.4, -0.2) is 15.4 Å². The number of anilines is 1. The maximum atomic E-state index is 5.85. The molecule has 0 bridgehead atoms. The molecule has 66 valence electrons. The smallest absolute Gasteiger partial charge is 0.112 e. The highest BCUT2D eigenvalue weighted by atomic mass is 35.5. The first-order valence-electron chi connectivity index (χ1n) is 3.68. The van der Waals surface area contributed by atoms with Crippen molar-refractivity contribution < 1.29 is 0 Å².